The zero-order valence-electron chi connectivity index (χ0n) is 15.7. The van der Waals surface area contributed by atoms with Crippen LogP contribution in [0.1, 0.15) is 22.3 Å². The summed E-state index contributed by atoms with van der Waals surface area (Å²) in [6.07, 6.45) is 0.240. The van der Waals surface area contributed by atoms with E-state index in [4.69, 9.17) is 12.2 Å². The van der Waals surface area contributed by atoms with E-state index < -0.39 is 0 Å². The molecule has 1 heterocycles. The van der Waals surface area contributed by atoms with Gasteiger partial charge >= 0.3 is 0 Å². The molecule has 8 heteroatoms. The first-order valence-corrected chi connectivity index (χ1v) is 9.23. The molecule has 2 amide bonds. The van der Waals surface area contributed by atoms with Crippen molar-refractivity contribution in [1.29, 1.82) is 0 Å². The van der Waals surface area contributed by atoms with Crippen molar-refractivity contribution in [2.75, 3.05) is 12.4 Å². The fourth-order valence-electron chi connectivity index (χ4n) is 2.82. The highest BCUT2D eigenvalue weighted by Gasteiger charge is 2.11. The van der Waals surface area contributed by atoms with Gasteiger partial charge in [0, 0.05) is 36.8 Å². The number of rotatable bonds is 6. The molecular weight excluding hydrogens is 374 g/mol. The molecule has 0 atom stereocenters. The number of H-pyrrole nitrogens is 1. The van der Waals surface area contributed by atoms with Crippen LogP contribution in [0.15, 0.2) is 48.5 Å². The van der Waals surface area contributed by atoms with Gasteiger partial charge in [-0.25, -0.2) is 0 Å². The zero-order valence-corrected chi connectivity index (χ0v) is 16.5. The van der Waals surface area contributed by atoms with E-state index in [0.29, 0.717) is 28.4 Å². The first-order valence-electron chi connectivity index (χ1n) is 8.82. The highest BCUT2D eigenvalue weighted by Crippen LogP contribution is 2.19. The molecule has 3 aromatic rings. The van der Waals surface area contributed by atoms with Gasteiger partial charge < -0.3 is 10.6 Å². The van der Waals surface area contributed by atoms with Crippen molar-refractivity contribution in [3.8, 4) is 11.4 Å². The molecule has 0 spiro atoms. The summed E-state index contributed by atoms with van der Waals surface area (Å²) in [4.78, 5) is 23.9. The predicted molar refractivity (Wildman–Crippen MR) is 111 cm³/mol. The van der Waals surface area contributed by atoms with Crippen molar-refractivity contribution >= 4 is 29.7 Å². The number of hydrogen-bond donors (Lipinski definition) is 3. The number of hydrogen-bond acceptors (Lipinski definition) is 4. The van der Waals surface area contributed by atoms with Crippen LogP contribution in [0.25, 0.3) is 11.4 Å². The molecule has 0 bridgehead atoms. The molecule has 28 heavy (non-hydrogen) atoms. The van der Waals surface area contributed by atoms with Crippen LogP contribution < -0.4 is 10.6 Å². The Labute approximate surface area is 167 Å². The Balaban J connectivity index is 1.66. The van der Waals surface area contributed by atoms with E-state index in [1.165, 1.54) is 0 Å². The Hall–Kier alpha value is -3.26. The zero-order chi connectivity index (χ0) is 20.1. The second-order valence-corrected chi connectivity index (χ2v) is 6.71. The maximum absolute atomic E-state index is 12.3. The molecule has 0 fully saturated rings. The van der Waals surface area contributed by atoms with Crippen molar-refractivity contribution in [1.82, 2.24) is 20.1 Å². The van der Waals surface area contributed by atoms with Gasteiger partial charge in [0.25, 0.3) is 5.91 Å². The number of benzene rings is 2. The first kappa shape index (κ1) is 19.5. The molecule has 2 aromatic carbocycles. The van der Waals surface area contributed by atoms with E-state index in [2.05, 4.69) is 20.8 Å². The number of carbonyl (C=O) groups is 2. The monoisotopic (exact) mass is 395 g/mol. The molecular formula is C20H21N5O2S. The van der Waals surface area contributed by atoms with Gasteiger partial charge in [0.1, 0.15) is 0 Å². The molecule has 0 unspecified atom stereocenters. The van der Waals surface area contributed by atoms with Gasteiger partial charge in [-0.05, 0) is 49.5 Å². The quantitative estimate of drug-likeness (QED) is 0.559. The highest BCUT2D eigenvalue weighted by atomic mass is 32.1. The summed E-state index contributed by atoms with van der Waals surface area (Å²) in [7, 11) is 1.57. The Morgan fingerprint density at radius 2 is 1.93 bits per heavy atom. The smallest absolute Gasteiger partial charge is 0.251 e. The number of nitrogens with one attached hydrogen (secondary N) is 3. The van der Waals surface area contributed by atoms with Crippen LogP contribution in [0.5, 0.6) is 0 Å². The molecule has 0 aliphatic heterocycles. The molecule has 0 aliphatic rings. The summed E-state index contributed by atoms with van der Waals surface area (Å²) in [6.45, 7) is 2.42. The van der Waals surface area contributed by atoms with Gasteiger partial charge in [0.05, 0.1) is 0 Å². The van der Waals surface area contributed by atoms with Crippen LogP contribution in [0.4, 0.5) is 5.69 Å². The van der Waals surface area contributed by atoms with E-state index >= 15 is 0 Å². The molecule has 7 nitrogen and oxygen atoms in total. The second-order valence-electron chi connectivity index (χ2n) is 6.33. The Morgan fingerprint density at radius 1 is 1.18 bits per heavy atom. The lowest BCUT2D eigenvalue weighted by atomic mass is 10.1. The maximum atomic E-state index is 12.3. The third kappa shape index (κ3) is 4.52. The van der Waals surface area contributed by atoms with Crippen molar-refractivity contribution in [2.24, 2.45) is 0 Å². The standard InChI is InChI=1S/C20H21N5O2S/c1-13-4-3-5-15(12-13)18-23-24-20(28)25(18)11-10-17(26)22-16-8-6-14(7-9-16)19(27)21-2/h3-9,12H,10-11H2,1-2H3,(H,21,27)(H,22,26)(H,24,28). The van der Waals surface area contributed by atoms with Crippen molar-refractivity contribution in [3.05, 3.63) is 64.4 Å². The Bertz CT molecular complexity index is 1050. The highest BCUT2D eigenvalue weighted by molar-refractivity contribution is 7.71. The minimum atomic E-state index is -0.170. The van der Waals surface area contributed by atoms with Crippen LogP contribution in [-0.4, -0.2) is 33.6 Å². The summed E-state index contributed by atoms with van der Waals surface area (Å²) >= 11 is 5.31. The topological polar surface area (TPSA) is 91.8 Å². The third-order valence-electron chi connectivity index (χ3n) is 4.25. The molecule has 3 rings (SSSR count). The second kappa shape index (κ2) is 8.62. The van der Waals surface area contributed by atoms with Gasteiger partial charge in [-0.15, -0.1) is 0 Å². The number of amides is 2. The minimum Gasteiger partial charge on any atom is -0.355 e. The summed E-state index contributed by atoms with van der Waals surface area (Å²) in [5.41, 5.74) is 3.23. The molecule has 0 saturated heterocycles. The summed E-state index contributed by atoms with van der Waals surface area (Å²) in [5, 5.41) is 12.5. The molecule has 0 saturated carbocycles. The predicted octanol–water partition coefficient (Wildman–Crippen LogP) is 3.30. The number of nitrogens with zero attached hydrogens (tertiary/aromatic N) is 2. The third-order valence-corrected chi connectivity index (χ3v) is 4.57. The Kier molecular flexibility index (Phi) is 6.00. The lowest BCUT2D eigenvalue weighted by Crippen LogP contribution is -2.18. The van der Waals surface area contributed by atoms with Crippen molar-refractivity contribution in [3.63, 3.8) is 0 Å². The molecule has 0 radical (unpaired) electrons. The first-order chi connectivity index (χ1) is 13.5. The SMILES string of the molecule is CNC(=O)c1ccc(NC(=O)CCn2c(-c3cccc(C)c3)n[nH]c2=S)cc1. The summed E-state index contributed by atoms with van der Waals surface area (Å²) in [6, 6.07) is 14.7. The number of aromatic nitrogens is 3. The molecule has 144 valence electrons. The number of aromatic amines is 1. The van der Waals surface area contributed by atoms with E-state index in [1.54, 1.807) is 31.3 Å². The Morgan fingerprint density at radius 3 is 2.61 bits per heavy atom. The molecule has 1 aromatic heterocycles. The van der Waals surface area contributed by atoms with Gasteiger partial charge in [-0.3, -0.25) is 19.3 Å². The van der Waals surface area contributed by atoms with Gasteiger partial charge in [-0.1, -0.05) is 23.8 Å². The average molecular weight is 395 g/mol. The van der Waals surface area contributed by atoms with E-state index in [9.17, 15) is 9.59 Å². The van der Waals surface area contributed by atoms with Crippen LogP contribution >= 0.6 is 12.2 Å². The normalized spacial score (nSPS) is 10.5. The van der Waals surface area contributed by atoms with Crippen LogP contribution in [-0.2, 0) is 11.3 Å². The van der Waals surface area contributed by atoms with Crippen LogP contribution in [0.3, 0.4) is 0 Å². The summed E-state index contributed by atoms with van der Waals surface area (Å²) in [5.74, 6) is 0.387. The van der Waals surface area contributed by atoms with Crippen LogP contribution in [0, 0.1) is 11.7 Å². The largest absolute Gasteiger partial charge is 0.355 e. The lowest BCUT2D eigenvalue weighted by molar-refractivity contribution is -0.116. The minimum absolute atomic E-state index is 0.147. The summed E-state index contributed by atoms with van der Waals surface area (Å²) < 4.78 is 2.29. The van der Waals surface area contributed by atoms with E-state index in [1.807, 2.05) is 35.8 Å². The van der Waals surface area contributed by atoms with Gasteiger partial charge in [-0.2, -0.15) is 5.10 Å². The average Bonchev–Trinajstić information content (AvgIpc) is 3.07. The molecule has 0 aliphatic carbocycles. The van der Waals surface area contributed by atoms with E-state index in [0.717, 1.165) is 11.1 Å². The van der Waals surface area contributed by atoms with Gasteiger partial charge in [0.15, 0.2) is 10.6 Å². The van der Waals surface area contributed by atoms with Crippen molar-refractivity contribution < 1.29 is 9.59 Å². The maximum Gasteiger partial charge on any atom is 0.251 e. The van der Waals surface area contributed by atoms with Crippen LogP contribution in [0.2, 0.25) is 0 Å². The number of carbonyl (C=O) groups excluding carboxylic acids is 2. The van der Waals surface area contributed by atoms with Crippen molar-refractivity contribution in [2.45, 2.75) is 19.9 Å². The fourth-order valence-corrected chi connectivity index (χ4v) is 3.04. The number of anilines is 1. The fraction of sp³-hybridized carbons (Fsp3) is 0.200. The van der Waals surface area contributed by atoms with Gasteiger partial charge in [0.2, 0.25) is 5.91 Å². The molecule has 3 N–H and O–H groups in total. The van der Waals surface area contributed by atoms with E-state index in [-0.39, 0.29) is 18.2 Å². The lowest BCUT2D eigenvalue weighted by Gasteiger charge is -2.09. The number of aryl methyl sites for hydroxylation is 1.